The molecule has 2 bridgehead atoms. The van der Waals surface area contributed by atoms with Crippen molar-refractivity contribution in [2.75, 3.05) is 33.0 Å². The molecule has 28 heavy (non-hydrogen) atoms. The van der Waals surface area contributed by atoms with Crippen LogP contribution in [0.4, 0.5) is 0 Å². The summed E-state index contributed by atoms with van der Waals surface area (Å²) in [6, 6.07) is -0.328. The number of aryl methyl sites for hydroxylation is 1. The van der Waals surface area contributed by atoms with Crippen LogP contribution in [0, 0.1) is 5.92 Å². The summed E-state index contributed by atoms with van der Waals surface area (Å²) >= 11 is 0. The molecular weight excluding hydrogens is 386 g/mol. The van der Waals surface area contributed by atoms with Gasteiger partial charge in [0, 0.05) is 39.0 Å². The topological polar surface area (TPSA) is 118 Å². The van der Waals surface area contributed by atoms with Crippen molar-refractivity contribution in [3.8, 4) is 0 Å². The Morgan fingerprint density at radius 3 is 2.82 bits per heavy atom. The van der Waals surface area contributed by atoms with Gasteiger partial charge in [0.15, 0.2) is 0 Å². The molecule has 1 aliphatic heterocycles. The van der Waals surface area contributed by atoms with Crippen LogP contribution in [0.1, 0.15) is 32.4 Å². The molecule has 1 aromatic rings. The maximum absolute atomic E-state index is 12.7. The van der Waals surface area contributed by atoms with Gasteiger partial charge in [-0.2, -0.15) is 0 Å². The van der Waals surface area contributed by atoms with E-state index in [9.17, 15) is 18.3 Å². The van der Waals surface area contributed by atoms with Gasteiger partial charge in [-0.15, -0.1) is 5.10 Å². The smallest absolute Gasteiger partial charge is 0.222 e. The predicted octanol–water partition coefficient (Wildman–Crippen LogP) is -0.306. The number of carbonyl (C=O) groups is 1. The lowest BCUT2D eigenvalue weighted by Crippen LogP contribution is -2.47. The van der Waals surface area contributed by atoms with E-state index in [1.54, 1.807) is 22.7 Å². The molecule has 0 unspecified atom stereocenters. The first-order valence-electron chi connectivity index (χ1n) is 9.44. The molecule has 160 valence electrons. The summed E-state index contributed by atoms with van der Waals surface area (Å²) in [5.74, 6) is -0.207. The molecule has 1 aliphatic rings. The summed E-state index contributed by atoms with van der Waals surface area (Å²) in [5, 5.41) is 17.7. The molecule has 0 saturated heterocycles. The molecule has 2 heterocycles. The molecule has 1 N–H and O–H groups in total. The second-order valence-electron chi connectivity index (χ2n) is 7.52. The Balaban J connectivity index is 2.27. The second kappa shape index (κ2) is 9.77. The van der Waals surface area contributed by atoms with E-state index < -0.39 is 16.1 Å². The molecule has 0 saturated carbocycles. The van der Waals surface area contributed by atoms with E-state index in [-0.39, 0.29) is 37.6 Å². The minimum atomic E-state index is -3.37. The Labute approximate surface area is 166 Å². The third-order valence-corrected chi connectivity index (χ3v) is 6.33. The first kappa shape index (κ1) is 22.7. The van der Waals surface area contributed by atoms with Gasteiger partial charge in [0.05, 0.1) is 37.8 Å². The van der Waals surface area contributed by atoms with Crippen LogP contribution < -0.4 is 0 Å². The molecule has 1 amide bonds. The summed E-state index contributed by atoms with van der Waals surface area (Å²) in [6.07, 6.45) is 3.42. The monoisotopic (exact) mass is 417 g/mol. The summed E-state index contributed by atoms with van der Waals surface area (Å²) in [6.45, 7) is 4.87. The van der Waals surface area contributed by atoms with Gasteiger partial charge in [-0.05, 0) is 13.3 Å². The number of fused-ring (bicyclic) bond motifs is 2. The average Bonchev–Trinajstić information content (AvgIpc) is 3.08. The van der Waals surface area contributed by atoms with Crippen LogP contribution in [0.15, 0.2) is 6.20 Å². The quantitative estimate of drug-likeness (QED) is 0.698. The Morgan fingerprint density at radius 1 is 1.46 bits per heavy atom. The number of aliphatic hydroxyl groups excluding tert-OH is 1. The Kier molecular flexibility index (Phi) is 7.93. The van der Waals surface area contributed by atoms with Gasteiger partial charge in [-0.25, -0.2) is 12.7 Å². The Morgan fingerprint density at radius 2 is 2.18 bits per heavy atom. The van der Waals surface area contributed by atoms with E-state index in [1.807, 2.05) is 6.92 Å². The van der Waals surface area contributed by atoms with Crippen molar-refractivity contribution >= 4 is 15.9 Å². The number of hydrogen-bond donors (Lipinski definition) is 1. The number of amides is 1. The summed E-state index contributed by atoms with van der Waals surface area (Å²) in [5.41, 5.74) is 0.658. The number of hydrogen-bond acceptors (Lipinski definition) is 7. The maximum Gasteiger partial charge on any atom is 0.222 e. The van der Waals surface area contributed by atoms with Crippen LogP contribution in [0.3, 0.4) is 0 Å². The summed E-state index contributed by atoms with van der Waals surface area (Å²) in [7, 11) is -1.87. The Hall–Kier alpha value is -1.56. The number of sulfonamides is 1. The van der Waals surface area contributed by atoms with Crippen molar-refractivity contribution < 1.29 is 23.1 Å². The largest absolute Gasteiger partial charge is 0.394 e. The Bertz CT molecular complexity index is 753. The number of nitrogens with zero attached hydrogens (tertiary/aromatic N) is 5. The first-order chi connectivity index (χ1) is 13.1. The zero-order chi connectivity index (χ0) is 20.9. The summed E-state index contributed by atoms with van der Waals surface area (Å²) < 4.78 is 32.6. The van der Waals surface area contributed by atoms with Gasteiger partial charge in [0.25, 0.3) is 0 Å². The lowest BCUT2D eigenvalue weighted by atomic mass is 10.0. The van der Waals surface area contributed by atoms with Crippen LogP contribution in [0.2, 0.25) is 0 Å². The van der Waals surface area contributed by atoms with Crippen molar-refractivity contribution in [2.45, 2.75) is 52.0 Å². The highest BCUT2D eigenvalue weighted by Gasteiger charge is 2.29. The highest BCUT2D eigenvalue weighted by molar-refractivity contribution is 7.88. The standard InChI is InChI=1S/C17H31N5O5S/c1-13-8-22(14(2)11-23)17(24)6-5-7-21-9-15(18-19-21)12-27-16(13)10-20(3)28(4,25)26/h9,13-14,16,23H,5-8,10-12H2,1-4H3/t13-,14-,16+/m0/s1. The summed E-state index contributed by atoms with van der Waals surface area (Å²) in [4.78, 5) is 14.4. The number of carbonyl (C=O) groups excluding carboxylic acids is 1. The fourth-order valence-electron chi connectivity index (χ4n) is 3.08. The third kappa shape index (κ3) is 6.23. The minimum Gasteiger partial charge on any atom is -0.394 e. The highest BCUT2D eigenvalue weighted by Crippen LogP contribution is 2.18. The molecular formula is C17H31N5O5S. The van der Waals surface area contributed by atoms with E-state index in [1.165, 1.54) is 11.4 Å². The van der Waals surface area contributed by atoms with Gasteiger partial charge < -0.3 is 14.7 Å². The van der Waals surface area contributed by atoms with E-state index in [2.05, 4.69) is 10.3 Å². The highest BCUT2D eigenvalue weighted by atomic mass is 32.2. The van der Waals surface area contributed by atoms with Crippen LogP contribution in [0.5, 0.6) is 0 Å². The van der Waals surface area contributed by atoms with E-state index >= 15 is 0 Å². The van der Waals surface area contributed by atoms with Gasteiger partial charge in [-0.3, -0.25) is 9.48 Å². The van der Waals surface area contributed by atoms with Crippen molar-refractivity contribution in [3.05, 3.63) is 11.9 Å². The molecule has 0 fully saturated rings. The van der Waals surface area contributed by atoms with Crippen LogP contribution in [-0.4, -0.2) is 88.8 Å². The number of rotatable bonds is 5. The van der Waals surface area contributed by atoms with Crippen LogP contribution in [0.25, 0.3) is 0 Å². The van der Waals surface area contributed by atoms with Crippen molar-refractivity contribution in [3.63, 3.8) is 0 Å². The van der Waals surface area contributed by atoms with Crippen molar-refractivity contribution in [1.29, 1.82) is 0 Å². The molecule has 3 atom stereocenters. The fraction of sp³-hybridized carbons (Fsp3) is 0.824. The second-order valence-corrected chi connectivity index (χ2v) is 9.61. The lowest BCUT2D eigenvalue weighted by Gasteiger charge is -2.34. The molecule has 0 aromatic carbocycles. The number of aromatic nitrogens is 3. The zero-order valence-corrected chi connectivity index (χ0v) is 17.8. The van der Waals surface area contributed by atoms with E-state index in [0.717, 1.165) is 6.26 Å². The molecule has 0 aliphatic carbocycles. The van der Waals surface area contributed by atoms with Gasteiger partial charge >= 0.3 is 0 Å². The molecule has 1 aromatic heterocycles. The molecule has 10 nitrogen and oxygen atoms in total. The molecule has 0 radical (unpaired) electrons. The predicted molar refractivity (Wildman–Crippen MR) is 103 cm³/mol. The molecule has 11 heteroatoms. The molecule has 2 rings (SSSR count). The number of ether oxygens (including phenoxy) is 1. The first-order valence-corrected chi connectivity index (χ1v) is 11.3. The van der Waals surface area contributed by atoms with Gasteiger partial charge in [0.1, 0.15) is 5.69 Å². The average molecular weight is 418 g/mol. The zero-order valence-electron chi connectivity index (χ0n) is 17.0. The van der Waals surface area contributed by atoms with Crippen LogP contribution >= 0.6 is 0 Å². The van der Waals surface area contributed by atoms with Gasteiger partial charge in [0.2, 0.25) is 15.9 Å². The van der Waals surface area contributed by atoms with E-state index in [4.69, 9.17) is 4.74 Å². The maximum atomic E-state index is 12.7. The van der Waals surface area contributed by atoms with E-state index in [0.29, 0.717) is 31.6 Å². The third-order valence-electron chi connectivity index (χ3n) is 5.05. The minimum absolute atomic E-state index is 0.0526. The number of likely N-dealkylation sites (N-methyl/N-ethyl adjacent to an activating group) is 1. The fourth-order valence-corrected chi connectivity index (χ4v) is 3.50. The van der Waals surface area contributed by atoms with Gasteiger partial charge in [-0.1, -0.05) is 12.1 Å². The number of aliphatic hydroxyl groups is 1. The SMILES string of the molecule is C[C@H]1CN([C@@H](C)CO)C(=O)CCCn2cc(nn2)CO[C@@H]1CN(C)S(C)(=O)=O. The normalized spacial score (nSPS) is 23.8. The lowest BCUT2D eigenvalue weighted by molar-refractivity contribution is -0.136. The molecule has 0 spiro atoms. The van der Waals surface area contributed by atoms with Crippen LogP contribution in [-0.2, 0) is 32.7 Å². The van der Waals surface area contributed by atoms with Crippen molar-refractivity contribution in [2.24, 2.45) is 5.92 Å². The van der Waals surface area contributed by atoms with Crippen molar-refractivity contribution in [1.82, 2.24) is 24.2 Å².